The van der Waals surface area contributed by atoms with E-state index in [0.29, 0.717) is 11.5 Å². The topological polar surface area (TPSA) is 72.3 Å². The number of nitrogens with one attached hydrogen (secondary N) is 1. The van der Waals surface area contributed by atoms with Crippen molar-refractivity contribution in [2.24, 2.45) is 0 Å². The highest BCUT2D eigenvalue weighted by molar-refractivity contribution is 5.34. The summed E-state index contributed by atoms with van der Waals surface area (Å²) in [4.78, 5) is 17.7. The number of nitrogens with zero attached hydrogens (tertiary/aromatic N) is 3. The van der Waals surface area contributed by atoms with E-state index in [0.717, 1.165) is 0 Å². The van der Waals surface area contributed by atoms with E-state index in [1.54, 1.807) is 6.92 Å². The highest BCUT2D eigenvalue weighted by Crippen LogP contribution is 2.09. The van der Waals surface area contributed by atoms with Crippen LogP contribution in [-0.4, -0.2) is 26.7 Å². The van der Waals surface area contributed by atoms with Crippen LogP contribution in [0.4, 0.5) is 0 Å². The smallest absolute Gasteiger partial charge is 0.295 e. The van der Waals surface area contributed by atoms with Crippen molar-refractivity contribution in [3.8, 4) is 5.75 Å². The summed E-state index contributed by atoms with van der Waals surface area (Å²) in [6.45, 7) is 1.75. The van der Waals surface area contributed by atoms with Crippen LogP contribution in [0.15, 0.2) is 11.1 Å². The molecule has 0 aliphatic rings. The van der Waals surface area contributed by atoms with Gasteiger partial charge in [0.25, 0.3) is 5.56 Å². The maximum Gasteiger partial charge on any atom is 0.295 e. The van der Waals surface area contributed by atoms with Gasteiger partial charge in [0.05, 0.1) is 12.8 Å². The first-order valence-corrected chi connectivity index (χ1v) is 3.70. The molecule has 0 saturated carbocycles. The molecule has 2 aromatic heterocycles. The molecule has 0 aliphatic carbocycles. The number of ether oxygens (including phenoxy) is 1. The number of H-pyrrole nitrogens is 1. The molecule has 13 heavy (non-hydrogen) atoms. The molecular formula is C7H8N4O2. The summed E-state index contributed by atoms with van der Waals surface area (Å²) in [5.41, 5.74) is 0.347. The Kier molecular flexibility index (Phi) is 1.54. The van der Waals surface area contributed by atoms with Crippen molar-refractivity contribution in [2.45, 2.75) is 6.92 Å². The second-order valence-corrected chi connectivity index (χ2v) is 2.57. The first-order chi connectivity index (χ1) is 6.24. The number of methoxy groups -OCH3 is 1. The Bertz CT molecular complexity index is 499. The first kappa shape index (κ1) is 7.78. The quantitative estimate of drug-likeness (QED) is 0.656. The van der Waals surface area contributed by atoms with Gasteiger partial charge < -0.3 is 4.74 Å². The van der Waals surface area contributed by atoms with Crippen molar-refractivity contribution < 1.29 is 4.74 Å². The van der Waals surface area contributed by atoms with E-state index in [1.165, 1.54) is 18.0 Å². The Morgan fingerprint density at radius 1 is 1.62 bits per heavy atom. The molecule has 1 N–H and O–H groups in total. The minimum absolute atomic E-state index is 0.262. The van der Waals surface area contributed by atoms with Gasteiger partial charge in [-0.3, -0.25) is 9.78 Å². The molecule has 2 aromatic rings. The van der Waals surface area contributed by atoms with Gasteiger partial charge in [0.1, 0.15) is 6.33 Å². The van der Waals surface area contributed by atoms with Crippen LogP contribution in [0.1, 0.15) is 5.69 Å². The highest BCUT2D eigenvalue weighted by Gasteiger charge is 2.09. The fourth-order valence-electron chi connectivity index (χ4n) is 1.23. The molecule has 0 atom stereocenters. The summed E-state index contributed by atoms with van der Waals surface area (Å²) in [5.74, 6) is 0.682. The van der Waals surface area contributed by atoms with Crippen molar-refractivity contribution in [1.29, 1.82) is 0 Å². The average molecular weight is 180 g/mol. The van der Waals surface area contributed by atoms with Crippen molar-refractivity contribution >= 4 is 5.78 Å². The van der Waals surface area contributed by atoms with Crippen molar-refractivity contribution in [1.82, 2.24) is 19.6 Å². The zero-order valence-corrected chi connectivity index (χ0v) is 7.24. The van der Waals surface area contributed by atoms with Gasteiger partial charge in [0.15, 0.2) is 0 Å². The summed E-state index contributed by atoms with van der Waals surface area (Å²) < 4.78 is 6.44. The van der Waals surface area contributed by atoms with Crippen molar-refractivity contribution in [3.63, 3.8) is 0 Å². The lowest BCUT2D eigenvalue weighted by molar-refractivity contribution is 0.400. The van der Waals surface area contributed by atoms with Crippen LogP contribution in [0, 0.1) is 6.92 Å². The lowest BCUT2D eigenvalue weighted by Crippen LogP contribution is -2.15. The van der Waals surface area contributed by atoms with Crippen molar-refractivity contribution in [3.05, 3.63) is 22.4 Å². The van der Waals surface area contributed by atoms with Gasteiger partial charge in [-0.25, -0.2) is 0 Å². The molecule has 0 aromatic carbocycles. The Morgan fingerprint density at radius 2 is 2.38 bits per heavy atom. The molecule has 0 fully saturated rings. The van der Waals surface area contributed by atoms with Gasteiger partial charge >= 0.3 is 0 Å². The third-order valence-electron chi connectivity index (χ3n) is 1.83. The Labute approximate surface area is 73.2 Å². The first-order valence-electron chi connectivity index (χ1n) is 3.70. The normalized spacial score (nSPS) is 10.6. The van der Waals surface area contributed by atoms with Crippen LogP contribution in [-0.2, 0) is 0 Å². The van der Waals surface area contributed by atoms with Crippen LogP contribution in [0.3, 0.4) is 0 Å². The molecule has 2 heterocycles. The minimum Gasteiger partial charge on any atom is -0.490 e. The van der Waals surface area contributed by atoms with Gasteiger partial charge in [-0.2, -0.15) is 14.6 Å². The van der Waals surface area contributed by atoms with Crippen LogP contribution >= 0.6 is 0 Å². The molecule has 0 unspecified atom stereocenters. The van der Waals surface area contributed by atoms with Gasteiger partial charge in [-0.05, 0) is 6.92 Å². The lowest BCUT2D eigenvalue weighted by Gasteiger charge is -2.03. The van der Waals surface area contributed by atoms with Crippen molar-refractivity contribution in [2.75, 3.05) is 7.11 Å². The van der Waals surface area contributed by atoms with Gasteiger partial charge in [0, 0.05) is 0 Å². The zero-order chi connectivity index (χ0) is 9.42. The molecule has 6 nitrogen and oxygen atoms in total. The SMILES string of the molecule is COc1c(C)n2ncnc2[nH]c1=O. The predicted octanol–water partition coefficient (Wildman–Crippen LogP) is -0.265. The Hall–Kier alpha value is -1.85. The van der Waals surface area contributed by atoms with Gasteiger partial charge in [-0.15, -0.1) is 0 Å². The van der Waals surface area contributed by atoms with E-state index in [-0.39, 0.29) is 11.3 Å². The second kappa shape index (κ2) is 2.58. The molecule has 6 heteroatoms. The number of rotatable bonds is 1. The standard InChI is InChI=1S/C7H8N4O2/c1-4-5(13-2)6(12)10-7-8-3-9-11(4)7/h3H,1-2H3,(H,8,9,10,12). The molecule has 2 rings (SSSR count). The van der Waals surface area contributed by atoms with Gasteiger partial charge in [0.2, 0.25) is 11.5 Å². The molecule has 68 valence electrons. The Morgan fingerprint density at radius 3 is 3.08 bits per heavy atom. The summed E-state index contributed by atoms with van der Waals surface area (Å²) in [5, 5.41) is 3.92. The number of aromatic nitrogens is 4. The minimum atomic E-state index is -0.291. The molecule has 0 radical (unpaired) electrons. The van der Waals surface area contributed by atoms with E-state index in [1.807, 2.05) is 0 Å². The van der Waals surface area contributed by atoms with E-state index >= 15 is 0 Å². The van der Waals surface area contributed by atoms with Crippen LogP contribution in [0.2, 0.25) is 0 Å². The molecule has 0 saturated heterocycles. The number of hydrogen-bond donors (Lipinski definition) is 1. The highest BCUT2D eigenvalue weighted by atomic mass is 16.5. The maximum atomic E-state index is 11.3. The number of aromatic amines is 1. The third-order valence-corrected chi connectivity index (χ3v) is 1.83. The number of aryl methyl sites for hydroxylation is 1. The van der Waals surface area contributed by atoms with Gasteiger partial charge in [-0.1, -0.05) is 0 Å². The lowest BCUT2D eigenvalue weighted by atomic mass is 10.4. The summed E-state index contributed by atoms with van der Waals surface area (Å²) >= 11 is 0. The maximum absolute atomic E-state index is 11.3. The molecule has 0 spiro atoms. The largest absolute Gasteiger partial charge is 0.490 e. The van der Waals surface area contributed by atoms with Crippen LogP contribution < -0.4 is 10.3 Å². The van der Waals surface area contributed by atoms with Crippen LogP contribution in [0.25, 0.3) is 5.78 Å². The average Bonchev–Trinajstić information content (AvgIpc) is 2.53. The van der Waals surface area contributed by atoms with E-state index in [9.17, 15) is 4.79 Å². The fourth-order valence-corrected chi connectivity index (χ4v) is 1.23. The third kappa shape index (κ3) is 0.986. The number of hydrogen-bond acceptors (Lipinski definition) is 4. The zero-order valence-electron chi connectivity index (χ0n) is 7.24. The van der Waals surface area contributed by atoms with E-state index in [4.69, 9.17) is 4.74 Å². The Balaban J connectivity index is 2.93. The monoisotopic (exact) mass is 180 g/mol. The van der Waals surface area contributed by atoms with E-state index < -0.39 is 0 Å². The molecule has 0 amide bonds. The molecule has 0 bridgehead atoms. The second-order valence-electron chi connectivity index (χ2n) is 2.57. The van der Waals surface area contributed by atoms with Crippen LogP contribution in [0.5, 0.6) is 5.75 Å². The summed E-state index contributed by atoms with van der Waals surface area (Å²) in [6, 6.07) is 0. The summed E-state index contributed by atoms with van der Waals surface area (Å²) in [6.07, 6.45) is 1.37. The summed E-state index contributed by atoms with van der Waals surface area (Å²) in [7, 11) is 1.44. The predicted molar refractivity (Wildman–Crippen MR) is 44.9 cm³/mol. The fraction of sp³-hybridized carbons (Fsp3) is 0.286. The van der Waals surface area contributed by atoms with E-state index in [2.05, 4.69) is 15.1 Å². The number of fused-ring (bicyclic) bond motifs is 1. The molecular weight excluding hydrogens is 172 g/mol. The molecule has 0 aliphatic heterocycles.